The molecule has 0 aromatic carbocycles. The number of carbonyl (C=O) groups is 1. The van der Waals surface area contributed by atoms with Crippen molar-refractivity contribution in [1.29, 1.82) is 0 Å². The molecule has 1 aromatic heterocycles. The fourth-order valence-corrected chi connectivity index (χ4v) is 2.43. The summed E-state index contributed by atoms with van der Waals surface area (Å²) in [7, 11) is 0. The SMILES string of the molecule is Cc1ccsc1CCNCC(O)CCC(=O)O. The molecule has 1 rings (SSSR count). The number of aliphatic carboxylic acids is 1. The Kier molecular flexibility index (Phi) is 6.18. The third kappa shape index (κ3) is 5.81. The maximum Gasteiger partial charge on any atom is 0.303 e. The molecule has 0 radical (unpaired) electrons. The van der Waals surface area contributed by atoms with Crippen molar-refractivity contribution < 1.29 is 15.0 Å². The lowest BCUT2D eigenvalue weighted by Gasteiger charge is -2.10. The van der Waals surface area contributed by atoms with Crippen LogP contribution >= 0.6 is 11.3 Å². The van der Waals surface area contributed by atoms with Crippen LogP contribution in [0, 0.1) is 6.92 Å². The first-order valence-corrected chi connectivity index (χ1v) is 6.61. The predicted molar refractivity (Wildman–Crippen MR) is 68.5 cm³/mol. The van der Waals surface area contributed by atoms with Gasteiger partial charge in [0, 0.05) is 24.4 Å². The van der Waals surface area contributed by atoms with Gasteiger partial charge >= 0.3 is 5.97 Å². The minimum Gasteiger partial charge on any atom is -0.481 e. The van der Waals surface area contributed by atoms with Crippen molar-refractivity contribution in [2.75, 3.05) is 13.1 Å². The van der Waals surface area contributed by atoms with E-state index in [1.807, 2.05) is 0 Å². The van der Waals surface area contributed by atoms with Crippen LogP contribution in [0.2, 0.25) is 0 Å². The lowest BCUT2D eigenvalue weighted by Crippen LogP contribution is -2.28. The number of aliphatic hydroxyl groups is 1. The molecule has 0 bridgehead atoms. The molecule has 17 heavy (non-hydrogen) atoms. The summed E-state index contributed by atoms with van der Waals surface area (Å²) >= 11 is 1.74. The van der Waals surface area contributed by atoms with E-state index >= 15 is 0 Å². The van der Waals surface area contributed by atoms with Crippen molar-refractivity contribution in [2.45, 2.75) is 32.3 Å². The van der Waals surface area contributed by atoms with Crippen LogP contribution in [0.25, 0.3) is 0 Å². The van der Waals surface area contributed by atoms with Gasteiger partial charge in [0.15, 0.2) is 0 Å². The van der Waals surface area contributed by atoms with Crippen LogP contribution in [0.1, 0.15) is 23.3 Å². The van der Waals surface area contributed by atoms with E-state index in [2.05, 4.69) is 23.7 Å². The third-order valence-corrected chi connectivity index (χ3v) is 3.65. The minimum absolute atomic E-state index is 0.0207. The van der Waals surface area contributed by atoms with Gasteiger partial charge in [-0.1, -0.05) is 0 Å². The van der Waals surface area contributed by atoms with Crippen molar-refractivity contribution in [3.8, 4) is 0 Å². The van der Waals surface area contributed by atoms with Gasteiger partial charge in [0.25, 0.3) is 0 Å². The first-order valence-electron chi connectivity index (χ1n) is 5.73. The van der Waals surface area contributed by atoms with E-state index in [4.69, 9.17) is 5.11 Å². The Hall–Kier alpha value is -0.910. The molecule has 0 saturated heterocycles. The molecular weight excluding hydrogens is 238 g/mol. The first kappa shape index (κ1) is 14.2. The number of carboxylic acid groups (broad SMARTS) is 1. The Bertz CT molecular complexity index is 351. The molecule has 0 saturated carbocycles. The Morgan fingerprint density at radius 2 is 2.35 bits per heavy atom. The highest BCUT2D eigenvalue weighted by Gasteiger charge is 2.06. The van der Waals surface area contributed by atoms with Gasteiger partial charge in [0.1, 0.15) is 0 Å². The van der Waals surface area contributed by atoms with Gasteiger partial charge in [-0.25, -0.2) is 0 Å². The van der Waals surface area contributed by atoms with Crippen LogP contribution in [0.4, 0.5) is 0 Å². The molecule has 1 aromatic rings. The highest BCUT2D eigenvalue weighted by molar-refractivity contribution is 7.10. The number of nitrogens with one attached hydrogen (secondary N) is 1. The molecule has 96 valence electrons. The van der Waals surface area contributed by atoms with Gasteiger partial charge in [0.2, 0.25) is 0 Å². The maximum atomic E-state index is 10.3. The Labute approximate surface area is 105 Å². The van der Waals surface area contributed by atoms with Crippen molar-refractivity contribution in [3.05, 3.63) is 21.9 Å². The molecule has 0 aliphatic heterocycles. The molecule has 0 amide bonds. The Morgan fingerprint density at radius 3 is 2.94 bits per heavy atom. The van der Waals surface area contributed by atoms with E-state index < -0.39 is 12.1 Å². The van der Waals surface area contributed by atoms with Gasteiger partial charge in [-0.05, 0) is 36.8 Å². The lowest BCUT2D eigenvalue weighted by molar-refractivity contribution is -0.137. The standard InChI is InChI=1S/C12H19NO3S/c1-9-5-7-17-11(9)4-6-13-8-10(14)2-3-12(15)16/h5,7,10,13-14H,2-4,6,8H2,1H3,(H,15,16). The molecule has 1 heterocycles. The topological polar surface area (TPSA) is 69.6 Å². The molecule has 0 spiro atoms. The first-order chi connectivity index (χ1) is 8.09. The third-order valence-electron chi connectivity index (χ3n) is 2.57. The van der Waals surface area contributed by atoms with E-state index in [0.717, 1.165) is 13.0 Å². The van der Waals surface area contributed by atoms with Crippen LogP contribution in [0.5, 0.6) is 0 Å². The van der Waals surface area contributed by atoms with Gasteiger partial charge in [0.05, 0.1) is 6.10 Å². The summed E-state index contributed by atoms with van der Waals surface area (Å²) in [6, 6.07) is 2.10. The average molecular weight is 257 g/mol. The Morgan fingerprint density at radius 1 is 1.59 bits per heavy atom. The number of aryl methyl sites for hydroxylation is 1. The van der Waals surface area contributed by atoms with E-state index in [-0.39, 0.29) is 6.42 Å². The van der Waals surface area contributed by atoms with Crippen LogP contribution < -0.4 is 5.32 Å². The summed E-state index contributed by atoms with van der Waals surface area (Å²) in [5, 5.41) is 23.2. The van der Waals surface area contributed by atoms with Crippen LogP contribution in [0.15, 0.2) is 11.4 Å². The summed E-state index contributed by atoms with van der Waals surface area (Å²) in [5.74, 6) is -0.863. The Balaban J connectivity index is 2.08. The van der Waals surface area contributed by atoms with E-state index in [0.29, 0.717) is 13.0 Å². The highest BCUT2D eigenvalue weighted by Crippen LogP contribution is 2.15. The van der Waals surface area contributed by atoms with E-state index in [1.165, 1.54) is 10.4 Å². The lowest BCUT2D eigenvalue weighted by atomic mass is 10.2. The molecule has 3 N–H and O–H groups in total. The number of hydrogen-bond acceptors (Lipinski definition) is 4. The fourth-order valence-electron chi connectivity index (χ4n) is 1.52. The summed E-state index contributed by atoms with van der Waals surface area (Å²) in [4.78, 5) is 11.7. The second-order valence-corrected chi connectivity index (χ2v) is 5.07. The number of aliphatic hydroxyl groups excluding tert-OH is 1. The van der Waals surface area contributed by atoms with Crippen molar-refractivity contribution in [3.63, 3.8) is 0 Å². The molecule has 1 atom stereocenters. The highest BCUT2D eigenvalue weighted by atomic mass is 32.1. The summed E-state index contributed by atoms with van der Waals surface area (Å²) in [5.41, 5.74) is 1.31. The van der Waals surface area contributed by atoms with Crippen molar-refractivity contribution >= 4 is 17.3 Å². The molecular formula is C12H19NO3S. The summed E-state index contributed by atoms with van der Waals surface area (Å²) in [6.07, 6.45) is 0.707. The maximum absolute atomic E-state index is 10.3. The number of hydrogen-bond donors (Lipinski definition) is 3. The normalized spacial score (nSPS) is 12.6. The van der Waals surface area contributed by atoms with E-state index in [9.17, 15) is 9.90 Å². The smallest absolute Gasteiger partial charge is 0.303 e. The zero-order valence-electron chi connectivity index (χ0n) is 9.98. The van der Waals surface area contributed by atoms with Gasteiger partial charge in [-0.3, -0.25) is 4.79 Å². The monoisotopic (exact) mass is 257 g/mol. The number of thiophene rings is 1. The van der Waals surface area contributed by atoms with Crippen molar-refractivity contribution in [2.24, 2.45) is 0 Å². The minimum atomic E-state index is -0.863. The summed E-state index contributed by atoms with van der Waals surface area (Å²) in [6.45, 7) is 3.36. The zero-order chi connectivity index (χ0) is 12.7. The van der Waals surface area contributed by atoms with Gasteiger partial charge < -0.3 is 15.5 Å². The van der Waals surface area contributed by atoms with E-state index in [1.54, 1.807) is 11.3 Å². The largest absolute Gasteiger partial charge is 0.481 e. The number of rotatable bonds is 8. The van der Waals surface area contributed by atoms with Crippen LogP contribution in [0.3, 0.4) is 0 Å². The molecule has 0 aliphatic rings. The molecule has 0 fully saturated rings. The number of carboxylic acids is 1. The molecule has 5 heteroatoms. The molecule has 0 aliphatic carbocycles. The van der Waals surface area contributed by atoms with Gasteiger partial charge in [-0.15, -0.1) is 11.3 Å². The van der Waals surface area contributed by atoms with Gasteiger partial charge in [-0.2, -0.15) is 0 Å². The quantitative estimate of drug-likeness (QED) is 0.616. The average Bonchev–Trinajstić information content (AvgIpc) is 2.68. The second-order valence-electron chi connectivity index (χ2n) is 4.07. The summed E-state index contributed by atoms with van der Waals surface area (Å²) < 4.78 is 0. The van der Waals surface area contributed by atoms with Crippen molar-refractivity contribution in [1.82, 2.24) is 5.32 Å². The fraction of sp³-hybridized carbons (Fsp3) is 0.583. The van der Waals surface area contributed by atoms with Crippen LogP contribution in [-0.2, 0) is 11.2 Å². The molecule has 1 unspecified atom stereocenters. The van der Waals surface area contributed by atoms with Crippen LogP contribution in [-0.4, -0.2) is 35.4 Å². The predicted octanol–water partition coefficient (Wildman–Crippen LogP) is 1.41. The second kappa shape index (κ2) is 7.42. The zero-order valence-corrected chi connectivity index (χ0v) is 10.8. The molecule has 4 nitrogen and oxygen atoms in total.